The Morgan fingerprint density at radius 2 is 1.66 bits per heavy atom. The van der Waals surface area contributed by atoms with E-state index in [1.54, 1.807) is 30.3 Å². The number of benzene rings is 3. The third kappa shape index (κ3) is 5.92. The number of anilines is 1. The van der Waals surface area contributed by atoms with E-state index in [4.69, 9.17) is 0 Å². The normalized spacial score (nSPS) is 12.2. The highest BCUT2D eigenvalue weighted by atomic mass is 32.2. The van der Waals surface area contributed by atoms with E-state index in [-0.39, 0.29) is 16.2 Å². The van der Waals surface area contributed by atoms with Gasteiger partial charge in [-0.1, -0.05) is 57.2 Å². The first-order chi connectivity index (χ1) is 17.9. The Kier molecular flexibility index (Phi) is 7.67. The minimum Gasteiger partial charge on any atom is -0.350 e. The molecule has 0 aliphatic carbocycles. The number of nitrogens with zero attached hydrogens (tertiary/aromatic N) is 1. The molecule has 4 aromatic rings. The van der Waals surface area contributed by atoms with E-state index < -0.39 is 10.0 Å². The molecule has 1 amide bonds. The van der Waals surface area contributed by atoms with Gasteiger partial charge in [0.15, 0.2) is 0 Å². The van der Waals surface area contributed by atoms with Crippen LogP contribution in [-0.2, 0) is 15.4 Å². The molecule has 38 heavy (non-hydrogen) atoms. The summed E-state index contributed by atoms with van der Waals surface area (Å²) < 4.78 is 29.1. The SMILES string of the molecule is Cc1ccccc1-c1c(C(=O)NCCN(C)C)[nH]c2ccc(NS(=O)(=O)c3ccc(C(C)(C)C)cc3)cc12. The smallest absolute Gasteiger partial charge is 0.268 e. The summed E-state index contributed by atoms with van der Waals surface area (Å²) in [5.74, 6) is -0.206. The maximum absolute atomic E-state index is 13.2. The minimum atomic E-state index is -3.80. The van der Waals surface area contributed by atoms with Crippen LogP contribution in [0, 0.1) is 6.92 Å². The van der Waals surface area contributed by atoms with E-state index in [0.717, 1.165) is 33.2 Å². The summed E-state index contributed by atoms with van der Waals surface area (Å²) in [6, 6.07) is 20.1. The Labute approximate surface area is 225 Å². The molecule has 0 saturated heterocycles. The molecule has 0 radical (unpaired) electrons. The Bertz CT molecular complexity index is 1560. The van der Waals surface area contributed by atoms with Crippen molar-refractivity contribution in [1.82, 2.24) is 15.2 Å². The van der Waals surface area contributed by atoms with Gasteiger partial charge in [0.25, 0.3) is 15.9 Å². The summed E-state index contributed by atoms with van der Waals surface area (Å²) in [4.78, 5) is 18.7. The zero-order valence-corrected chi connectivity index (χ0v) is 23.7. The van der Waals surface area contributed by atoms with E-state index in [9.17, 15) is 13.2 Å². The van der Waals surface area contributed by atoms with Gasteiger partial charge < -0.3 is 15.2 Å². The summed E-state index contributed by atoms with van der Waals surface area (Å²) in [6.45, 7) is 9.48. The lowest BCUT2D eigenvalue weighted by atomic mass is 9.87. The van der Waals surface area contributed by atoms with Crippen molar-refractivity contribution >= 4 is 32.5 Å². The second-order valence-corrected chi connectivity index (χ2v) is 12.6. The lowest BCUT2D eigenvalue weighted by molar-refractivity contribution is 0.0947. The number of aromatic amines is 1. The van der Waals surface area contributed by atoms with Crippen LogP contribution in [0.1, 0.15) is 42.4 Å². The van der Waals surface area contributed by atoms with Crippen LogP contribution < -0.4 is 10.0 Å². The summed E-state index contributed by atoms with van der Waals surface area (Å²) in [6.07, 6.45) is 0. The van der Waals surface area contributed by atoms with Gasteiger partial charge in [-0.15, -0.1) is 0 Å². The van der Waals surface area contributed by atoms with Gasteiger partial charge in [-0.3, -0.25) is 9.52 Å². The number of carbonyl (C=O) groups excluding carboxylic acids is 1. The van der Waals surface area contributed by atoms with Gasteiger partial charge in [-0.05, 0) is 73.5 Å². The first kappa shape index (κ1) is 27.4. The summed E-state index contributed by atoms with van der Waals surface area (Å²) in [7, 11) is 0.104. The van der Waals surface area contributed by atoms with Crippen LogP contribution in [0.3, 0.4) is 0 Å². The predicted molar refractivity (Wildman–Crippen MR) is 155 cm³/mol. The maximum Gasteiger partial charge on any atom is 0.268 e. The van der Waals surface area contributed by atoms with Gasteiger partial charge in [0.2, 0.25) is 0 Å². The van der Waals surface area contributed by atoms with Gasteiger partial charge >= 0.3 is 0 Å². The van der Waals surface area contributed by atoms with Crippen molar-refractivity contribution in [1.29, 1.82) is 0 Å². The van der Waals surface area contributed by atoms with Crippen LogP contribution in [0.5, 0.6) is 0 Å². The van der Waals surface area contributed by atoms with Crippen LogP contribution in [0.15, 0.2) is 71.6 Å². The quantitative estimate of drug-likeness (QED) is 0.278. The van der Waals surface area contributed by atoms with E-state index in [1.165, 1.54) is 0 Å². The Balaban J connectivity index is 1.74. The molecule has 8 heteroatoms. The summed E-state index contributed by atoms with van der Waals surface area (Å²) in [5.41, 5.74) is 5.28. The van der Waals surface area contributed by atoms with Gasteiger partial charge in [-0.25, -0.2) is 8.42 Å². The molecule has 0 unspecified atom stereocenters. The number of hydrogen-bond donors (Lipinski definition) is 3. The van der Waals surface area contributed by atoms with Gasteiger partial charge in [0.05, 0.1) is 4.90 Å². The van der Waals surface area contributed by atoms with Crippen molar-refractivity contribution in [3.05, 3.63) is 83.6 Å². The first-order valence-corrected chi connectivity index (χ1v) is 14.1. The third-order valence-electron chi connectivity index (χ3n) is 6.57. The van der Waals surface area contributed by atoms with Gasteiger partial charge in [-0.2, -0.15) is 0 Å². The van der Waals surface area contributed by atoms with Gasteiger partial charge in [0.1, 0.15) is 5.69 Å². The van der Waals surface area contributed by atoms with Crippen LogP contribution in [0.2, 0.25) is 0 Å². The highest BCUT2D eigenvalue weighted by molar-refractivity contribution is 7.92. The summed E-state index contributed by atoms with van der Waals surface area (Å²) >= 11 is 0. The fourth-order valence-electron chi connectivity index (χ4n) is 4.39. The number of likely N-dealkylation sites (N-methyl/N-ethyl adjacent to an activating group) is 1. The van der Waals surface area contributed by atoms with Crippen LogP contribution >= 0.6 is 0 Å². The number of H-pyrrole nitrogens is 1. The highest BCUT2D eigenvalue weighted by Crippen LogP contribution is 2.36. The highest BCUT2D eigenvalue weighted by Gasteiger charge is 2.22. The van der Waals surface area contributed by atoms with E-state index >= 15 is 0 Å². The Hall–Kier alpha value is -3.62. The predicted octanol–water partition coefficient (Wildman–Crippen LogP) is 5.53. The average molecular weight is 533 g/mol. The number of amides is 1. The molecule has 0 aliphatic rings. The standard InChI is InChI=1S/C30H36N4O3S/c1-20-9-7-8-10-24(20)27-25-19-22(13-16-26(25)32-28(27)29(35)31-17-18-34(5)6)33-38(36,37)23-14-11-21(12-15-23)30(2,3)4/h7-16,19,32-33H,17-18H2,1-6H3,(H,31,35). The Morgan fingerprint density at radius 1 is 0.974 bits per heavy atom. The van der Waals surface area contributed by atoms with E-state index in [1.807, 2.05) is 62.3 Å². The number of sulfonamides is 1. The molecule has 0 bridgehead atoms. The topological polar surface area (TPSA) is 94.3 Å². The number of rotatable bonds is 8. The van der Waals surface area contributed by atoms with E-state index in [0.29, 0.717) is 24.5 Å². The second-order valence-electron chi connectivity index (χ2n) is 10.9. The minimum absolute atomic E-state index is 0.0720. The average Bonchev–Trinajstić information content (AvgIpc) is 3.22. The molecule has 0 fully saturated rings. The van der Waals surface area contributed by atoms with Crippen molar-refractivity contribution in [3.8, 4) is 11.1 Å². The molecule has 0 atom stereocenters. The lowest BCUT2D eigenvalue weighted by Crippen LogP contribution is -2.31. The Morgan fingerprint density at radius 3 is 2.29 bits per heavy atom. The zero-order valence-electron chi connectivity index (χ0n) is 22.8. The first-order valence-electron chi connectivity index (χ1n) is 12.6. The molecule has 7 nitrogen and oxygen atoms in total. The number of aromatic nitrogens is 1. The number of aryl methyl sites for hydroxylation is 1. The molecule has 3 aromatic carbocycles. The van der Waals surface area contributed by atoms with Crippen LogP contribution in [0.4, 0.5) is 5.69 Å². The van der Waals surface area contributed by atoms with Crippen molar-refractivity contribution in [3.63, 3.8) is 0 Å². The second kappa shape index (κ2) is 10.6. The molecular formula is C30H36N4O3S. The number of carbonyl (C=O) groups is 1. The number of fused-ring (bicyclic) bond motifs is 1. The zero-order chi connectivity index (χ0) is 27.7. The molecule has 200 valence electrons. The summed E-state index contributed by atoms with van der Waals surface area (Å²) in [5, 5.41) is 3.75. The van der Waals surface area contributed by atoms with Crippen LogP contribution in [0.25, 0.3) is 22.0 Å². The maximum atomic E-state index is 13.2. The number of nitrogens with one attached hydrogen (secondary N) is 3. The largest absolute Gasteiger partial charge is 0.350 e. The molecule has 4 rings (SSSR count). The lowest BCUT2D eigenvalue weighted by Gasteiger charge is -2.19. The van der Waals surface area contributed by atoms with Crippen LogP contribution in [-0.4, -0.2) is 51.4 Å². The van der Waals surface area contributed by atoms with Gasteiger partial charge in [0, 0.05) is 35.2 Å². The van der Waals surface area contributed by atoms with Crippen molar-refractivity contribution in [2.24, 2.45) is 0 Å². The molecule has 1 heterocycles. The fraction of sp³-hybridized carbons (Fsp3) is 0.300. The monoisotopic (exact) mass is 532 g/mol. The van der Waals surface area contributed by atoms with Crippen molar-refractivity contribution in [2.45, 2.75) is 38.0 Å². The third-order valence-corrected chi connectivity index (χ3v) is 7.96. The molecule has 3 N–H and O–H groups in total. The van der Waals surface area contributed by atoms with Crippen molar-refractivity contribution < 1.29 is 13.2 Å². The molecule has 1 aromatic heterocycles. The molecule has 0 spiro atoms. The number of hydrogen-bond acceptors (Lipinski definition) is 4. The van der Waals surface area contributed by atoms with E-state index in [2.05, 4.69) is 35.8 Å². The fourth-order valence-corrected chi connectivity index (χ4v) is 5.44. The van der Waals surface area contributed by atoms with Crippen molar-refractivity contribution in [2.75, 3.05) is 31.9 Å². The molecule has 0 aliphatic heterocycles. The molecule has 0 saturated carbocycles. The molecular weight excluding hydrogens is 496 g/mol.